The standard InChI is InChI=1S/C17H31N5O2S/c1-12-13(2)25-14(21-12)8-9-19-15(18-6)20-10-11-22(7)16(23)24-17(3,4)5/h8-11H2,1-7H3,(H2,18,19,20). The number of aryl methyl sites for hydroxylation is 2. The predicted octanol–water partition coefficient (Wildman–Crippen LogP) is 2.33. The van der Waals surface area contributed by atoms with Gasteiger partial charge in [0.05, 0.1) is 10.7 Å². The van der Waals surface area contributed by atoms with E-state index in [9.17, 15) is 4.79 Å². The first kappa shape index (κ1) is 21.2. The summed E-state index contributed by atoms with van der Waals surface area (Å²) in [5.41, 5.74) is 0.621. The van der Waals surface area contributed by atoms with Crippen molar-refractivity contribution in [1.29, 1.82) is 0 Å². The van der Waals surface area contributed by atoms with Crippen molar-refractivity contribution in [2.45, 2.75) is 46.6 Å². The lowest BCUT2D eigenvalue weighted by Gasteiger charge is -2.24. The summed E-state index contributed by atoms with van der Waals surface area (Å²) in [6.45, 7) is 11.6. The Balaban J connectivity index is 2.28. The topological polar surface area (TPSA) is 78.9 Å². The highest BCUT2D eigenvalue weighted by molar-refractivity contribution is 7.11. The van der Waals surface area contributed by atoms with Crippen LogP contribution in [0, 0.1) is 13.8 Å². The SMILES string of the molecule is CN=C(NCCc1nc(C)c(C)s1)NCCN(C)C(=O)OC(C)(C)C. The first-order chi connectivity index (χ1) is 11.6. The summed E-state index contributed by atoms with van der Waals surface area (Å²) in [4.78, 5) is 23.4. The van der Waals surface area contributed by atoms with Crippen molar-refractivity contribution in [3.05, 3.63) is 15.6 Å². The summed E-state index contributed by atoms with van der Waals surface area (Å²) >= 11 is 1.73. The van der Waals surface area contributed by atoms with Gasteiger partial charge in [0.1, 0.15) is 5.60 Å². The number of ether oxygens (including phenoxy) is 1. The molecule has 25 heavy (non-hydrogen) atoms. The number of likely N-dealkylation sites (N-methyl/N-ethyl adjacent to an activating group) is 1. The minimum absolute atomic E-state index is 0.327. The molecule has 0 bridgehead atoms. The van der Waals surface area contributed by atoms with Crippen molar-refractivity contribution in [3.8, 4) is 0 Å². The van der Waals surface area contributed by atoms with Crippen LogP contribution in [0.5, 0.6) is 0 Å². The van der Waals surface area contributed by atoms with Gasteiger partial charge >= 0.3 is 6.09 Å². The molecule has 7 nitrogen and oxygen atoms in total. The van der Waals surface area contributed by atoms with E-state index in [1.54, 1.807) is 30.3 Å². The van der Waals surface area contributed by atoms with Crippen molar-refractivity contribution in [2.75, 3.05) is 33.7 Å². The molecule has 1 heterocycles. The van der Waals surface area contributed by atoms with Crippen molar-refractivity contribution in [3.63, 3.8) is 0 Å². The molecule has 2 N–H and O–H groups in total. The summed E-state index contributed by atoms with van der Waals surface area (Å²) in [5.74, 6) is 0.711. The predicted molar refractivity (Wildman–Crippen MR) is 104 cm³/mol. The van der Waals surface area contributed by atoms with Gasteiger partial charge in [-0.15, -0.1) is 11.3 Å². The Morgan fingerprint density at radius 3 is 2.44 bits per heavy atom. The molecule has 0 saturated carbocycles. The maximum absolute atomic E-state index is 11.9. The van der Waals surface area contributed by atoms with Crippen LogP contribution in [0.15, 0.2) is 4.99 Å². The summed E-state index contributed by atoms with van der Waals surface area (Å²) in [7, 11) is 3.45. The minimum Gasteiger partial charge on any atom is -0.444 e. The third-order valence-corrected chi connectivity index (χ3v) is 4.51. The van der Waals surface area contributed by atoms with Crippen molar-refractivity contribution in [2.24, 2.45) is 4.99 Å². The molecule has 1 amide bonds. The average Bonchev–Trinajstić information content (AvgIpc) is 2.82. The van der Waals surface area contributed by atoms with Gasteiger partial charge in [-0.3, -0.25) is 4.99 Å². The average molecular weight is 370 g/mol. The molecule has 0 aliphatic carbocycles. The normalized spacial score (nSPS) is 12.0. The van der Waals surface area contributed by atoms with E-state index in [4.69, 9.17) is 4.74 Å². The van der Waals surface area contributed by atoms with Gasteiger partial charge in [0, 0.05) is 45.0 Å². The van der Waals surface area contributed by atoms with E-state index in [1.807, 2.05) is 27.7 Å². The van der Waals surface area contributed by atoms with Gasteiger partial charge in [0.25, 0.3) is 0 Å². The largest absolute Gasteiger partial charge is 0.444 e. The first-order valence-electron chi connectivity index (χ1n) is 8.44. The number of aromatic nitrogens is 1. The third kappa shape index (κ3) is 8.20. The maximum atomic E-state index is 11.9. The molecule has 1 rings (SSSR count). The van der Waals surface area contributed by atoms with Crippen LogP contribution in [0.1, 0.15) is 36.3 Å². The molecule has 0 aliphatic heterocycles. The highest BCUT2D eigenvalue weighted by Crippen LogP contribution is 2.16. The number of rotatable bonds is 6. The van der Waals surface area contributed by atoms with Crippen LogP contribution < -0.4 is 10.6 Å². The Morgan fingerprint density at radius 1 is 1.28 bits per heavy atom. The summed E-state index contributed by atoms with van der Waals surface area (Å²) in [6, 6.07) is 0. The lowest BCUT2D eigenvalue weighted by molar-refractivity contribution is 0.0302. The van der Waals surface area contributed by atoms with Crippen molar-refractivity contribution in [1.82, 2.24) is 20.5 Å². The Labute approximate surface area is 154 Å². The van der Waals surface area contributed by atoms with Crippen LogP contribution in [-0.2, 0) is 11.2 Å². The number of aliphatic imine (C=N–C) groups is 1. The maximum Gasteiger partial charge on any atom is 0.410 e. The van der Waals surface area contributed by atoms with Crippen LogP contribution in [0.25, 0.3) is 0 Å². The van der Waals surface area contributed by atoms with Crippen LogP contribution >= 0.6 is 11.3 Å². The number of hydrogen-bond acceptors (Lipinski definition) is 5. The fourth-order valence-corrected chi connectivity index (χ4v) is 2.86. The molecule has 0 aromatic carbocycles. The van der Waals surface area contributed by atoms with E-state index < -0.39 is 5.60 Å². The van der Waals surface area contributed by atoms with Gasteiger partial charge in [-0.1, -0.05) is 0 Å². The Kier molecular flexibility index (Phi) is 8.15. The molecular weight excluding hydrogens is 338 g/mol. The van der Waals surface area contributed by atoms with E-state index in [1.165, 1.54) is 4.88 Å². The van der Waals surface area contributed by atoms with E-state index in [0.717, 1.165) is 23.7 Å². The lowest BCUT2D eigenvalue weighted by atomic mass is 10.2. The molecule has 0 radical (unpaired) electrons. The van der Waals surface area contributed by atoms with Gasteiger partial charge in [0.15, 0.2) is 5.96 Å². The number of thiazole rings is 1. The van der Waals surface area contributed by atoms with Crippen LogP contribution in [0.2, 0.25) is 0 Å². The number of guanidine groups is 1. The number of carbonyl (C=O) groups excluding carboxylic acids is 1. The fraction of sp³-hybridized carbons (Fsp3) is 0.706. The molecular formula is C17H31N5O2S. The Bertz CT molecular complexity index is 573. The summed E-state index contributed by atoms with van der Waals surface area (Å²) < 4.78 is 5.32. The van der Waals surface area contributed by atoms with E-state index in [0.29, 0.717) is 19.0 Å². The molecule has 0 aliphatic rings. The van der Waals surface area contributed by atoms with Gasteiger partial charge in [-0.05, 0) is 34.6 Å². The monoisotopic (exact) mass is 369 g/mol. The summed E-state index contributed by atoms with van der Waals surface area (Å²) in [5, 5.41) is 7.58. The van der Waals surface area contributed by atoms with Crippen LogP contribution in [0.3, 0.4) is 0 Å². The molecule has 1 aromatic heterocycles. The van der Waals surface area contributed by atoms with Crippen molar-refractivity contribution >= 4 is 23.4 Å². The molecule has 0 fully saturated rings. The number of carbonyl (C=O) groups is 1. The number of nitrogens with zero attached hydrogens (tertiary/aromatic N) is 3. The molecule has 0 saturated heterocycles. The third-order valence-electron chi connectivity index (χ3n) is 3.37. The van der Waals surface area contributed by atoms with Gasteiger partial charge < -0.3 is 20.3 Å². The van der Waals surface area contributed by atoms with Crippen molar-refractivity contribution < 1.29 is 9.53 Å². The molecule has 8 heteroatoms. The zero-order chi connectivity index (χ0) is 19.0. The van der Waals surface area contributed by atoms with Gasteiger partial charge in [-0.25, -0.2) is 9.78 Å². The smallest absolute Gasteiger partial charge is 0.410 e. The van der Waals surface area contributed by atoms with E-state index in [-0.39, 0.29) is 6.09 Å². The second-order valence-corrected chi connectivity index (χ2v) is 8.11. The first-order valence-corrected chi connectivity index (χ1v) is 9.25. The number of hydrogen-bond donors (Lipinski definition) is 2. The van der Waals surface area contributed by atoms with Gasteiger partial charge in [0.2, 0.25) is 0 Å². The van der Waals surface area contributed by atoms with Crippen LogP contribution in [-0.4, -0.2) is 61.3 Å². The number of amides is 1. The minimum atomic E-state index is -0.483. The fourth-order valence-electron chi connectivity index (χ4n) is 1.93. The van der Waals surface area contributed by atoms with Crippen LogP contribution in [0.4, 0.5) is 4.79 Å². The highest BCUT2D eigenvalue weighted by atomic mass is 32.1. The molecule has 0 unspecified atom stereocenters. The lowest BCUT2D eigenvalue weighted by Crippen LogP contribution is -2.43. The zero-order valence-electron chi connectivity index (χ0n) is 16.4. The van der Waals surface area contributed by atoms with E-state index >= 15 is 0 Å². The molecule has 142 valence electrons. The highest BCUT2D eigenvalue weighted by Gasteiger charge is 2.19. The quantitative estimate of drug-likeness (QED) is 0.594. The molecule has 1 aromatic rings. The number of nitrogens with one attached hydrogen (secondary N) is 2. The Hall–Kier alpha value is -1.83. The van der Waals surface area contributed by atoms with Gasteiger partial charge in [-0.2, -0.15) is 0 Å². The zero-order valence-corrected chi connectivity index (χ0v) is 17.2. The molecule has 0 atom stereocenters. The van der Waals surface area contributed by atoms with E-state index in [2.05, 4.69) is 27.5 Å². The second kappa shape index (κ2) is 9.60. The molecule has 0 spiro atoms. The second-order valence-electron chi connectivity index (χ2n) is 6.83. The summed E-state index contributed by atoms with van der Waals surface area (Å²) in [6.07, 6.45) is 0.532. The Morgan fingerprint density at radius 2 is 1.92 bits per heavy atom.